The van der Waals surface area contributed by atoms with E-state index in [0.29, 0.717) is 5.56 Å². The smallest absolute Gasteiger partial charge is 0.0991 e. The van der Waals surface area contributed by atoms with Crippen LogP contribution < -0.4 is 0 Å². The third kappa shape index (κ3) is 4.85. The highest BCUT2D eigenvalue weighted by atomic mass is 35.5. The van der Waals surface area contributed by atoms with Crippen molar-refractivity contribution in [2.45, 2.75) is 0 Å². The monoisotopic (exact) mass is 215 g/mol. The van der Waals surface area contributed by atoms with Gasteiger partial charge in [0.1, 0.15) is 0 Å². The van der Waals surface area contributed by atoms with E-state index in [-0.39, 0.29) is 0 Å². The predicted molar refractivity (Wildman–Crippen MR) is 62.6 cm³/mol. The molecule has 0 aliphatic rings. The summed E-state index contributed by atoms with van der Waals surface area (Å²) < 4.78 is 0. The van der Waals surface area contributed by atoms with E-state index in [0.717, 1.165) is 5.02 Å². The van der Waals surface area contributed by atoms with E-state index in [9.17, 15) is 0 Å². The molecule has 74 valence electrons. The number of benzene rings is 2. The highest BCUT2D eigenvalue weighted by Crippen LogP contribution is 2.03. The third-order valence-corrected chi connectivity index (χ3v) is 1.89. The van der Waals surface area contributed by atoms with E-state index < -0.39 is 0 Å². The van der Waals surface area contributed by atoms with Gasteiger partial charge in [0.25, 0.3) is 0 Å². The van der Waals surface area contributed by atoms with Crippen molar-refractivity contribution in [2.75, 3.05) is 0 Å². The zero-order valence-corrected chi connectivity index (χ0v) is 8.85. The maximum Gasteiger partial charge on any atom is 0.0991 e. The lowest BCUT2D eigenvalue weighted by atomic mass is 10.2. The van der Waals surface area contributed by atoms with Crippen molar-refractivity contribution in [3.63, 3.8) is 0 Å². The van der Waals surface area contributed by atoms with Crippen LogP contribution in [0, 0.1) is 11.3 Å². The summed E-state index contributed by atoms with van der Waals surface area (Å²) in [5.41, 5.74) is 0.715. The van der Waals surface area contributed by atoms with Gasteiger partial charge in [-0.1, -0.05) is 48.0 Å². The van der Waals surface area contributed by atoms with Crippen LogP contribution in [0.25, 0.3) is 0 Å². The number of nitrogens with zero attached hydrogens (tertiary/aromatic N) is 1. The number of rotatable bonds is 0. The van der Waals surface area contributed by atoms with Crippen LogP contribution in [0.2, 0.25) is 5.02 Å². The molecule has 0 fully saturated rings. The van der Waals surface area contributed by atoms with Gasteiger partial charge in [0.15, 0.2) is 0 Å². The maximum atomic E-state index is 8.29. The fourth-order valence-corrected chi connectivity index (χ4v) is 1.07. The van der Waals surface area contributed by atoms with Crippen LogP contribution in [-0.2, 0) is 0 Å². The molecule has 0 bridgehead atoms. The number of hydrogen-bond donors (Lipinski definition) is 0. The Kier molecular flexibility index (Phi) is 5.00. The summed E-state index contributed by atoms with van der Waals surface area (Å²) in [7, 11) is 0. The van der Waals surface area contributed by atoms with Crippen molar-refractivity contribution in [3.8, 4) is 6.07 Å². The predicted octanol–water partition coefficient (Wildman–Crippen LogP) is 3.90. The topological polar surface area (TPSA) is 23.8 Å². The summed E-state index contributed by atoms with van der Waals surface area (Å²) in [6, 6.07) is 20.6. The standard InChI is InChI=1S/C7H5N.C6H5Cl/c8-6-7-4-2-1-3-5-7;7-6-4-2-1-3-5-6/h1-5H;1-5H. The maximum absolute atomic E-state index is 8.29. The van der Waals surface area contributed by atoms with E-state index in [1.54, 1.807) is 12.1 Å². The second-order valence-electron chi connectivity index (χ2n) is 2.77. The van der Waals surface area contributed by atoms with Crippen LogP contribution in [0.1, 0.15) is 5.56 Å². The lowest BCUT2D eigenvalue weighted by Crippen LogP contribution is -1.66. The third-order valence-electron chi connectivity index (χ3n) is 1.64. The first-order valence-corrected chi connectivity index (χ1v) is 4.86. The summed E-state index contributed by atoms with van der Waals surface area (Å²) in [4.78, 5) is 0. The Morgan fingerprint density at radius 3 is 1.53 bits per heavy atom. The molecular formula is C13H10ClN. The quantitative estimate of drug-likeness (QED) is 0.654. The number of hydrogen-bond acceptors (Lipinski definition) is 1. The molecule has 0 amide bonds. The fourth-order valence-electron chi connectivity index (χ4n) is 0.927. The van der Waals surface area contributed by atoms with Gasteiger partial charge in [-0.15, -0.1) is 0 Å². The van der Waals surface area contributed by atoms with Crippen molar-refractivity contribution >= 4 is 11.6 Å². The first-order chi connectivity index (χ1) is 7.33. The average molecular weight is 216 g/mol. The molecule has 2 rings (SSSR count). The molecule has 0 heterocycles. The lowest BCUT2D eigenvalue weighted by Gasteiger charge is -1.80. The van der Waals surface area contributed by atoms with Crippen LogP contribution >= 0.6 is 11.6 Å². The van der Waals surface area contributed by atoms with Gasteiger partial charge in [-0.05, 0) is 24.3 Å². The Balaban J connectivity index is 0.000000151. The lowest BCUT2D eigenvalue weighted by molar-refractivity contribution is 1.49. The minimum absolute atomic E-state index is 0.715. The molecule has 0 saturated carbocycles. The first kappa shape index (κ1) is 11.3. The van der Waals surface area contributed by atoms with E-state index in [2.05, 4.69) is 0 Å². The molecule has 0 N–H and O–H groups in total. The minimum Gasteiger partial charge on any atom is -0.192 e. The van der Waals surface area contributed by atoms with Crippen LogP contribution in [0.5, 0.6) is 0 Å². The van der Waals surface area contributed by atoms with Gasteiger partial charge in [0.05, 0.1) is 11.6 Å². The molecule has 0 unspecified atom stereocenters. The molecule has 0 atom stereocenters. The first-order valence-electron chi connectivity index (χ1n) is 4.48. The van der Waals surface area contributed by atoms with Crippen LogP contribution in [0.3, 0.4) is 0 Å². The number of nitriles is 1. The Hall–Kier alpha value is -1.78. The van der Waals surface area contributed by atoms with Crippen molar-refractivity contribution in [1.82, 2.24) is 0 Å². The Bertz CT molecular complexity index is 417. The second-order valence-corrected chi connectivity index (χ2v) is 3.21. The summed E-state index contributed by atoms with van der Waals surface area (Å²) >= 11 is 5.54. The zero-order valence-electron chi connectivity index (χ0n) is 8.10. The second kappa shape index (κ2) is 6.64. The normalized spacial score (nSPS) is 8.27. The highest BCUT2D eigenvalue weighted by molar-refractivity contribution is 6.30. The van der Waals surface area contributed by atoms with E-state index in [1.807, 2.05) is 54.6 Å². The molecule has 0 aliphatic carbocycles. The Labute approximate surface area is 94.6 Å². The summed E-state index contributed by atoms with van der Waals surface area (Å²) in [6.07, 6.45) is 0. The van der Waals surface area contributed by atoms with E-state index in [1.165, 1.54) is 0 Å². The van der Waals surface area contributed by atoms with Gasteiger partial charge in [0, 0.05) is 5.02 Å². The van der Waals surface area contributed by atoms with E-state index >= 15 is 0 Å². The van der Waals surface area contributed by atoms with Crippen molar-refractivity contribution in [1.29, 1.82) is 5.26 Å². The highest BCUT2D eigenvalue weighted by Gasteiger charge is 1.79. The summed E-state index contributed by atoms with van der Waals surface area (Å²) in [5, 5.41) is 9.08. The van der Waals surface area contributed by atoms with E-state index in [4.69, 9.17) is 16.9 Å². The van der Waals surface area contributed by atoms with Crippen LogP contribution in [0.4, 0.5) is 0 Å². The SMILES string of the molecule is Clc1ccccc1.N#Cc1ccccc1. The van der Waals surface area contributed by atoms with Gasteiger partial charge in [-0.2, -0.15) is 5.26 Å². The van der Waals surface area contributed by atoms with Crippen molar-refractivity contribution in [2.24, 2.45) is 0 Å². The Morgan fingerprint density at radius 1 is 0.800 bits per heavy atom. The Morgan fingerprint density at radius 2 is 1.27 bits per heavy atom. The molecule has 1 nitrogen and oxygen atoms in total. The molecule has 0 saturated heterocycles. The average Bonchev–Trinajstić information content (AvgIpc) is 2.32. The molecule has 2 aromatic carbocycles. The molecule has 2 aromatic rings. The van der Waals surface area contributed by atoms with Crippen molar-refractivity contribution < 1.29 is 0 Å². The molecule has 15 heavy (non-hydrogen) atoms. The molecule has 0 aliphatic heterocycles. The summed E-state index contributed by atoms with van der Waals surface area (Å²) in [5.74, 6) is 0. The largest absolute Gasteiger partial charge is 0.192 e. The molecule has 0 spiro atoms. The molecule has 0 aromatic heterocycles. The fraction of sp³-hybridized carbons (Fsp3) is 0. The van der Waals surface area contributed by atoms with Gasteiger partial charge in [-0.3, -0.25) is 0 Å². The number of halogens is 1. The molecular weight excluding hydrogens is 206 g/mol. The van der Waals surface area contributed by atoms with Gasteiger partial charge < -0.3 is 0 Å². The summed E-state index contributed by atoms with van der Waals surface area (Å²) in [6.45, 7) is 0. The molecule has 2 heteroatoms. The van der Waals surface area contributed by atoms with Crippen LogP contribution in [0.15, 0.2) is 60.7 Å². The van der Waals surface area contributed by atoms with Gasteiger partial charge in [0.2, 0.25) is 0 Å². The molecule has 0 radical (unpaired) electrons. The minimum atomic E-state index is 0.715. The zero-order chi connectivity index (χ0) is 10.9. The van der Waals surface area contributed by atoms with Gasteiger partial charge in [-0.25, -0.2) is 0 Å². The van der Waals surface area contributed by atoms with Crippen molar-refractivity contribution in [3.05, 3.63) is 71.2 Å². The van der Waals surface area contributed by atoms with Gasteiger partial charge >= 0.3 is 0 Å². The van der Waals surface area contributed by atoms with Crippen LogP contribution in [-0.4, -0.2) is 0 Å².